The lowest BCUT2D eigenvalue weighted by Gasteiger charge is -2.06. The van der Waals surface area contributed by atoms with E-state index in [0.717, 1.165) is 17.8 Å². The molecule has 0 saturated heterocycles. The first-order valence-corrected chi connectivity index (χ1v) is 7.07. The van der Waals surface area contributed by atoms with E-state index in [-0.39, 0.29) is 11.4 Å². The van der Waals surface area contributed by atoms with Gasteiger partial charge in [-0.15, -0.1) is 5.10 Å². The average Bonchev–Trinajstić information content (AvgIpc) is 2.92. The van der Waals surface area contributed by atoms with Crippen LogP contribution in [0.2, 0.25) is 0 Å². The number of amides is 1. The molecule has 0 fully saturated rings. The Bertz CT molecular complexity index is 923. The molecule has 0 spiro atoms. The smallest absolute Gasteiger partial charge is 0.278 e. The lowest BCUT2D eigenvalue weighted by atomic mass is 10.2. The number of aromatic nitrogens is 4. The van der Waals surface area contributed by atoms with Crippen LogP contribution in [0.4, 0.5) is 14.5 Å². The number of rotatable bonds is 3. The van der Waals surface area contributed by atoms with E-state index in [1.54, 1.807) is 32.2 Å². The van der Waals surface area contributed by atoms with E-state index in [1.807, 2.05) is 0 Å². The van der Waals surface area contributed by atoms with Gasteiger partial charge < -0.3 is 5.32 Å². The van der Waals surface area contributed by atoms with E-state index >= 15 is 0 Å². The molecule has 0 unspecified atom stereocenters. The molecule has 0 saturated carbocycles. The first-order chi connectivity index (χ1) is 11.5. The van der Waals surface area contributed by atoms with Crippen molar-refractivity contribution in [3.05, 3.63) is 65.2 Å². The molecule has 0 aliphatic rings. The molecule has 1 aromatic carbocycles. The maximum absolute atomic E-state index is 13.4. The van der Waals surface area contributed by atoms with E-state index in [2.05, 4.69) is 20.6 Å². The van der Waals surface area contributed by atoms with Crippen molar-refractivity contribution in [2.24, 2.45) is 0 Å². The standard InChI is InChI=1S/C16H13F2N5O/c1-9-7-11(5-6-19-9)20-16(24)15-10(2)23(22-21-15)12-3-4-13(17)14(18)8-12/h3-8H,1-2H3,(H,19,20,24). The molecule has 1 amide bonds. The fourth-order valence-electron chi connectivity index (χ4n) is 2.21. The van der Waals surface area contributed by atoms with Crippen LogP contribution in [0, 0.1) is 25.5 Å². The average molecular weight is 329 g/mol. The molecule has 3 rings (SSSR count). The molecule has 0 aliphatic heterocycles. The van der Waals surface area contributed by atoms with Gasteiger partial charge in [-0.3, -0.25) is 9.78 Å². The Morgan fingerprint density at radius 2 is 1.92 bits per heavy atom. The zero-order valence-electron chi connectivity index (χ0n) is 12.9. The molecule has 0 aliphatic carbocycles. The van der Waals surface area contributed by atoms with Gasteiger partial charge in [-0.25, -0.2) is 13.5 Å². The third-order valence-corrected chi connectivity index (χ3v) is 3.41. The summed E-state index contributed by atoms with van der Waals surface area (Å²) in [7, 11) is 0. The number of aryl methyl sites for hydroxylation is 1. The minimum atomic E-state index is -0.999. The van der Waals surface area contributed by atoms with Crippen LogP contribution in [0.3, 0.4) is 0 Å². The molecule has 2 aromatic heterocycles. The number of hydrogen-bond acceptors (Lipinski definition) is 4. The van der Waals surface area contributed by atoms with Crippen molar-refractivity contribution in [2.75, 3.05) is 5.32 Å². The van der Waals surface area contributed by atoms with Gasteiger partial charge in [0, 0.05) is 23.6 Å². The lowest BCUT2D eigenvalue weighted by Crippen LogP contribution is -2.14. The van der Waals surface area contributed by atoms with Gasteiger partial charge in [-0.2, -0.15) is 0 Å². The van der Waals surface area contributed by atoms with Crippen LogP contribution < -0.4 is 5.32 Å². The number of hydrogen-bond donors (Lipinski definition) is 1. The SMILES string of the molecule is Cc1cc(NC(=O)c2nnn(-c3ccc(F)c(F)c3)c2C)ccn1. The highest BCUT2D eigenvalue weighted by molar-refractivity contribution is 6.03. The number of pyridine rings is 1. The van der Waals surface area contributed by atoms with Gasteiger partial charge in [0.25, 0.3) is 5.91 Å². The zero-order chi connectivity index (χ0) is 17.3. The summed E-state index contributed by atoms with van der Waals surface area (Å²) in [4.78, 5) is 16.4. The second-order valence-corrected chi connectivity index (χ2v) is 5.17. The summed E-state index contributed by atoms with van der Waals surface area (Å²) in [6, 6.07) is 6.71. The van der Waals surface area contributed by atoms with Crippen molar-refractivity contribution in [1.82, 2.24) is 20.0 Å². The maximum Gasteiger partial charge on any atom is 0.278 e. The number of nitrogens with one attached hydrogen (secondary N) is 1. The van der Waals surface area contributed by atoms with Crippen molar-refractivity contribution in [3.8, 4) is 5.69 Å². The van der Waals surface area contributed by atoms with E-state index in [4.69, 9.17) is 0 Å². The molecular formula is C16H13F2N5O. The number of anilines is 1. The van der Waals surface area contributed by atoms with Crippen LogP contribution in [0.1, 0.15) is 21.9 Å². The van der Waals surface area contributed by atoms with E-state index < -0.39 is 17.5 Å². The molecule has 6 nitrogen and oxygen atoms in total. The summed E-state index contributed by atoms with van der Waals surface area (Å²) in [5.41, 5.74) is 2.11. The molecule has 2 heterocycles. The number of benzene rings is 1. The van der Waals surface area contributed by atoms with Crippen LogP contribution >= 0.6 is 0 Å². The largest absolute Gasteiger partial charge is 0.320 e. The fourth-order valence-corrected chi connectivity index (χ4v) is 2.21. The predicted octanol–water partition coefficient (Wildman–Crippen LogP) is 2.81. The van der Waals surface area contributed by atoms with E-state index in [1.165, 1.54) is 10.7 Å². The van der Waals surface area contributed by atoms with Crippen LogP contribution in [0.5, 0.6) is 0 Å². The Morgan fingerprint density at radius 1 is 1.12 bits per heavy atom. The van der Waals surface area contributed by atoms with Gasteiger partial charge in [-0.1, -0.05) is 5.21 Å². The Balaban J connectivity index is 1.89. The molecule has 122 valence electrons. The van der Waals surface area contributed by atoms with Crippen molar-refractivity contribution in [1.29, 1.82) is 0 Å². The van der Waals surface area contributed by atoms with Gasteiger partial charge >= 0.3 is 0 Å². The molecule has 1 N–H and O–H groups in total. The number of nitrogens with zero attached hydrogens (tertiary/aromatic N) is 4. The molecule has 8 heteroatoms. The third kappa shape index (κ3) is 2.98. The molecule has 24 heavy (non-hydrogen) atoms. The molecule has 0 radical (unpaired) electrons. The van der Waals surface area contributed by atoms with Crippen molar-refractivity contribution < 1.29 is 13.6 Å². The molecular weight excluding hydrogens is 316 g/mol. The Kier molecular flexibility index (Phi) is 4.03. The van der Waals surface area contributed by atoms with Gasteiger partial charge in [-0.05, 0) is 38.1 Å². The number of carbonyl (C=O) groups excluding carboxylic acids is 1. The second kappa shape index (κ2) is 6.15. The Labute approximate surface area is 136 Å². The number of halogens is 2. The third-order valence-electron chi connectivity index (χ3n) is 3.41. The highest BCUT2D eigenvalue weighted by atomic mass is 19.2. The van der Waals surface area contributed by atoms with Crippen molar-refractivity contribution in [3.63, 3.8) is 0 Å². The minimum Gasteiger partial charge on any atom is -0.320 e. The molecule has 3 aromatic rings. The summed E-state index contributed by atoms with van der Waals surface area (Å²) >= 11 is 0. The highest BCUT2D eigenvalue weighted by Crippen LogP contribution is 2.16. The van der Waals surface area contributed by atoms with Crippen LogP contribution in [-0.4, -0.2) is 25.9 Å². The quantitative estimate of drug-likeness (QED) is 0.802. The topological polar surface area (TPSA) is 72.7 Å². The second-order valence-electron chi connectivity index (χ2n) is 5.17. The van der Waals surface area contributed by atoms with E-state index in [9.17, 15) is 13.6 Å². The van der Waals surface area contributed by atoms with Crippen LogP contribution in [0.15, 0.2) is 36.5 Å². The van der Waals surface area contributed by atoms with Gasteiger partial charge in [0.1, 0.15) is 0 Å². The summed E-state index contributed by atoms with van der Waals surface area (Å²) in [6.45, 7) is 3.42. The predicted molar refractivity (Wildman–Crippen MR) is 82.9 cm³/mol. The first kappa shape index (κ1) is 15.7. The molecule has 0 bridgehead atoms. The van der Waals surface area contributed by atoms with Crippen molar-refractivity contribution in [2.45, 2.75) is 13.8 Å². The van der Waals surface area contributed by atoms with Crippen LogP contribution in [0.25, 0.3) is 5.69 Å². The summed E-state index contributed by atoms with van der Waals surface area (Å²) < 4.78 is 27.7. The summed E-state index contributed by atoms with van der Waals surface area (Å²) in [5.74, 6) is -2.41. The van der Waals surface area contributed by atoms with E-state index in [0.29, 0.717) is 11.4 Å². The fraction of sp³-hybridized carbons (Fsp3) is 0.125. The Morgan fingerprint density at radius 3 is 2.62 bits per heavy atom. The van der Waals surface area contributed by atoms with Gasteiger partial charge in [0.05, 0.1) is 11.4 Å². The number of carbonyl (C=O) groups is 1. The summed E-state index contributed by atoms with van der Waals surface area (Å²) in [5, 5.41) is 10.4. The lowest BCUT2D eigenvalue weighted by molar-refractivity contribution is 0.102. The van der Waals surface area contributed by atoms with Gasteiger partial charge in [0.2, 0.25) is 0 Å². The maximum atomic E-state index is 13.4. The van der Waals surface area contributed by atoms with Crippen molar-refractivity contribution >= 4 is 11.6 Å². The zero-order valence-corrected chi connectivity index (χ0v) is 12.9. The first-order valence-electron chi connectivity index (χ1n) is 7.07. The van der Waals surface area contributed by atoms with Crippen LogP contribution in [-0.2, 0) is 0 Å². The van der Waals surface area contributed by atoms with Gasteiger partial charge in [0.15, 0.2) is 17.3 Å². The highest BCUT2D eigenvalue weighted by Gasteiger charge is 2.18. The normalized spacial score (nSPS) is 10.7. The molecule has 0 atom stereocenters. The minimum absolute atomic E-state index is 0.0919. The Hall–Kier alpha value is -3.16. The monoisotopic (exact) mass is 329 g/mol. The summed E-state index contributed by atoms with van der Waals surface area (Å²) in [6.07, 6.45) is 1.58.